The van der Waals surface area contributed by atoms with E-state index in [4.69, 9.17) is 25.8 Å². The molecular weight excluding hydrogens is 266 g/mol. The summed E-state index contributed by atoms with van der Waals surface area (Å²) in [6, 6.07) is 3.92. The van der Waals surface area contributed by atoms with Crippen molar-refractivity contribution < 1.29 is 14.2 Å². The zero-order chi connectivity index (χ0) is 13.1. The van der Waals surface area contributed by atoms with Crippen molar-refractivity contribution in [3.05, 3.63) is 22.7 Å². The number of hydrogen-bond donors (Lipinski definition) is 1. The van der Waals surface area contributed by atoms with Crippen LogP contribution in [0.1, 0.15) is 18.4 Å². The second-order valence-corrected chi connectivity index (χ2v) is 5.41. The fraction of sp³-hybridized carbons (Fsp3) is 0.571. The van der Waals surface area contributed by atoms with Crippen LogP contribution in [0.15, 0.2) is 12.1 Å². The molecule has 0 aromatic heterocycles. The lowest BCUT2D eigenvalue weighted by Crippen LogP contribution is -2.18. The summed E-state index contributed by atoms with van der Waals surface area (Å²) in [6.07, 6.45) is 2.36. The molecule has 2 heterocycles. The number of nitrogens with one attached hydrogen (secondary N) is 1. The highest BCUT2D eigenvalue weighted by molar-refractivity contribution is 6.32. The molecule has 4 nitrogen and oxygen atoms in total. The van der Waals surface area contributed by atoms with E-state index in [0.29, 0.717) is 16.7 Å². The van der Waals surface area contributed by atoms with Gasteiger partial charge >= 0.3 is 0 Å². The van der Waals surface area contributed by atoms with Crippen molar-refractivity contribution in [3.8, 4) is 11.5 Å². The Morgan fingerprint density at radius 3 is 3.11 bits per heavy atom. The molecule has 0 aliphatic carbocycles. The maximum absolute atomic E-state index is 6.14. The van der Waals surface area contributed by atoms with Crippen LogP contribution in [0.4, 0.5) is 0 Å². The van der Waals surface area contributed by atoms with Gasteiger partial charge in [-0.1, -0.05) is 11.6 Å². The molecule has 0 bridgehead atoms. The van der Waals surface area contributed by atoms with Gasteiger partial charge in [-0.25, -0.2) is 0 Å². The summed E-state index contributed by atoms with van der Waals surface area (Å²) in [4.78, 5) is 0. The number of rotatable bonds is 5. The number of halogens is 1. The Morgan fingerprint density at radius 1 is 1.32 bits per heavy atom. The highest BCUT2D eigenvalue weighted by Crippen LogP contribution is 2.39. The van der Waals surface area contributed by atoms with E-state index in [1.54, 1.807) is 0 Å². The van der Waals surface area contributed by atoms with Crippen LogP contribution in [0, 0.1) is 5.92 Å². The molecule has 1 N–H and O–H groups in total. The van der Waals surface area contributed by atoms with Crippen LogP contribution >= 0.6 is 11.6 Å². The fourth-order valence-electron chi connectivity index (χ4n) is 2.47. The van der Waals surface area contributed by atoms with Crippen LogP contribution in [0.2, 0.25) is 5.02 Å². The van der Waals surface area contributed by atoms with Gasteiger partial charge in [0.25, 0.3) is 0 Å². The number of hydrogen-bond acceptors (Lipinski definition) is 4. The van der Waals surface area contributed by atoms with Gasteiger partial charge in [0.1, 0.15) is 0 Å². The smallest absolute Gasteiger partial charge is 0.231 e. The monoisotopic (exact) mass is 283 g/mol. The Hall–Kier alpha value is -0.970. The van der Waals surface area contributed by atoms with E-state index in [-0.39, 0.29) is 6.79 Å². The van der Waals surface area contributed by atoms with Crippen molar-refractivity contribution in [2.75, 3.05) is 26.6 Å². The third-order valence-electron chi connectivity index (χ3n) is 3.57. The van der Waals surface area contributed by atoms with Gasteiger partial charge in [-0.05, 0) is 43.0 Å². The van der Waals surface area contributed by atoms with Gasteiger partial charge in [-0.2, -0.15) is 0 Å². The maximum Gasteiger partial charge on any atom is 0.231 e. The fourth-order valence-corrected chi connectivity index (χ4v) is 2.76. The summed E-state index contributed by atoms with van der Waals surface area (Å²) in [5.41, 5.74) is 1.12. The van der Waals surface area contributed by atoms with Crippen molar-refractivity contribution in [1.82, 2.24) is 5.32 Å². The summed E-state index contributed by atoms with van der Waals surface area (Å²) in [5.74, 6) is 2.12. The van der Waals surface area contributed by atoms with E-state index < -0.39 is 0 Å². The average molecular weight is 284 g/mol. The van der Waals surface area contributed by atoms with Gasteiger partial charge in [0.2, 0.25) is 6.79 Å². The Labute approximate surface area is 118 Å². The van der Waals surface area contributed by atoms with Crippen molar-refractivity contribution in [2.24, 2.45) is 5.92 Å². The van der Waals surface area contributed by atoms with E-state index in [9.17, 15) is 0 Å². The second kappa shape index (κ2) is 5.99. The van der Waals surface area contributed by atoms with E-state index >= 15 is 0 Å². The van der Waals surface area contributed by atoms with Crippen LogP contribution in [0.5, 0.6) is 11.5 Å². The standard InChI is InChI=1S/C14H18ClNO3/c15-12-5-11(6-13-14(12)19-9-18-13)7-16-3-1-10-2-4-17-8-10/h5-6,10,16H,1-4,7-9H2. The molecule has 0 spiro atoms. The first-order valence-electron chi connectivity index (χ1n) is 6.69. The minimum atomic E-state index is 0.258. The lowest BCUT2D eigenvalue weighted by Gasteiger charge is -2.09. The van der Waals surface area contributed by atoms with Crippen molar-refractivity contribution in [3.63, 3.8) is 0 Å². The third-order valence-corrected chi connectivity index (χ3v) is 3.85. The zero-order valence-electron chi connectivity index (χ0n) is 10.8. The Bertz CT molecular complexity index is 447. The number of ether oxygens (including phenoxy) is 3. The molecule has 0 amide bonds. The van der Waals surface area contributed by atoms with Crippen LogP contribution in [0.3, 0.4) is 0 Å². The molecule has 104 valence electrons. The van der Waals surface area contributed by atoms with Crippen molar-refractivity contribution >= 4 is 11.6 Å². The molecule has 2 aliphatic heterocycles. The minimum Gasteiger partial charge on any atom is -0.454 e. The lowest BCUT2D eigenvalue weighted by molar-refractivity contribution is 0.174. The predicted octanol–water partition coefficient (Wildman–Crippen LogP) is 2.58. The molecule has 1 saturated heterocycles. The molecular formula is C14H18ClNO3. The predicted molar refractivity (Wildman–Crippen MR) is 72.8 cm³/mol. The van der Waals surface area contributed by atoms with Gasteiger partial charge in [0.15, 0.2) is 11.5 Å². The molecule has 1 fully saturated rings. The number of benzene rings is 1. The van der Waals surface area contributed by atoms with E-state index in [0.717, 1.165) is 44.0 Å². The van der Waals surface area contributed by atoms with Crippen LogP contribution < -0.4 is 14.8 Å². The lowest BCUT2D eigenvalue weighted by atomic mass is 10.1. The molecule has 2 aliphatic rings. The SMILES string of the molecule is Clc1cc(CNCCC2CCOC2)cc2c1OCO2. The first-order valence-corrected chi connectivity index (χ1v) is 7.07. The van der Waals surface area contributed by atoms with Crippen LogP contribution in [-0.4, -0.2) is 26.6 Å². The van der Waals surface area contributed by atoms with Gasteiger partial charge < -0.3 is 19.5 Å². The summed E-state index contributed by atoms with van der Waals surface area (Å²) in [5, 5.41) is 4.06. The highest BCUT2D eigenvalue weighted by Gasteiger charge is 2.18. The molecule has 1 atom stereocenters. The van der Waals surface area contributed by atoms with E-state index in [1.165, 1.54) is 6.42 Å². The maximum atomic E-state index is 6.14. The second-order valence-electron chi connectivity index (χ2n) is 5.01. The van der Waals surface area contributed by atoms with E-state index in [1.807, 2.05) is 12.1 Å². The third kappa shape index (κ3) is 3.14. The molecule has 5 heteroatoms. The Morgan fingerprint density at radius 2 is 2.26 bits per heavy atom. The van der Waals surface area contributed by atoms with Crippen molar-refractivity contribution in [2.45, 2.75) is 19.4 Å². The average Bonchev–Trinajstić information content (AvgIpc) is 3.05. The normalized spacial score (nSPS) is 21.0. The Balaban J connectivity index is 1.48. The minimum absolute atomic E-state index is 0.258. The summed E-state index contributed by atoms with van der Waals surface area (Å²) in [7, 11) is 0. The molecule has 1 aromatic rings. The quantitative estimate of drug-likeness (QED) is 0.843. The largest absolute Gasteiger partial charge is 0.454 e. The van der Waals surface area contributed by atoms with Gasteiger partial charge in [-0.15, -0.1) is 0 Å². The molecule has 0 radical (unpaired) electrons. The van der Waals surface area contributed by atoms with Gasteiger partial charge in [0.05, 0.1) is 5.02 Å². The van der Waals surface area contributed by atoms with Crippen LogP contribution in [-0.2, 0) is 11.3 Å². The first-order chi connectivity index (χ1) is 9.33. The highest BCUT2D eigenvalue weighted by atomic mass is 35.5. The topological polar surface area (TPSA) is 39.7 Å². The summed E-state index contributed by atoms with van der Waals surface area (Å²) >= 11 is 6.14. The first kappa shape index (κ1) is 13.0. The van der Waals surface area contributed by atoms with Crippen molar-refractivity contribution in [1.29, 1.82) is 0 Å². The number of fused-ring (bicyclic) bond motifs is 1. The van der Waals surface area contributed by atoms with Gasteiger partial charge in [0, 0.05) is 19.8 Å². The van der Waals surface area contributed by atoms with Gasteiger partial charge in [-0.3, -0.25) is 0 Å². The summed E-state index contributed by atoms with van der Waals surface area (Å²) < 4.78 is 16.0. The Kier molecular flexibility index (Phi) is 4.11. The molecule has 0 saturated carbocycles. The molecule has 1 unspecified atom stereocenters. The van der Waals surface area contributed by atoms with E-state index in [2.05, 4.69) is 5.32 Å². The molecule has 3 rings (SSSR count). The molecule has 1 aromatic carbocycles. The summed E-state index contributed by atoms with van der Waals surface area (Å²) in [6.45, 7) is 3.89. The van der Waals surface area contributed by atoms with Crippen LogP contribution in [0.25, 0.3) is 0 Å². The zero-order valence-corrected chi connectivity index (χ0v) is 11.5. The molecule has 19 heavy (non-hydrogen) atoms.